The van der Waals surface area contributed by atoms with Crippen molar-refractivity contribution in [2.75, 3.05) is 12.3 Å². The summed E-state index contributed by atoms with van der Waals surface area (Å²) in [6, 6.07) is 3.79. The number of nitrogens with two attached hydrogens (primary N) is 1. The first kappa shape index (κ1) is 7.69. The largest absolute Gasteiger partial charge is 0.469 e. The van der Waals surface area contributed by atoms with E-state index in [0.717, 1.165) is 11.5 Å². The lowest BCUT2D eigenvalue weighted by Gasteiger charge is -2.06. The second-order valence-corrected chi connectivity index (χ2v) is 2.50. The molecule has 2 nitrogen and oxygen atoms in total. The Kier molecular flexibility index (Phi) is 2.83. The van der Waals surface area contributed by atoms with Crippen LogP contribution in [-0.4, -0.2) is 12.3 Å². The second kappa shape index (κ2) is 3.68. The van der Waals surface area contributed by atoms with Crippen molar-refractivity contribution in [1.82, 2.24) is 0 Å². The molecule has 1 heterocycles. The molecule has 0 aromatic carbocycles. The highest BCUT2D eigenvalue weighted by molar-refractivity contribution is 7.80. The van der Waals surface area contributed by atoms with Crippen LogP contribution in [0.25, 0.3) is 0 Å². The van der Waals surface area contributed by atoms with Crippen LogP contribution >= 0.6 is 12.6 Å². The Bertz CT molecular complexity index is 170. The van der Waals surface area contributed by atoms with Crippen molar-refractivity contribution in [2.24, 2.45) is 5.73 Å². The van der Waals surface area contributed by atoms with Crippen LogP contribution in [0.15, 0.2) is 22.8 Å². The van der Waals surface area contributed by atoms with Crippen molar-refractivity contribution in [3.05, 3.63) is 24.2 Å². The van der Waals surface area contributed by atoms with Crippen molar-refractivity contribution < 1.29 is 4.42 Å². The van der Waals surface area contributed by atoms with E-state index in [1.54, 1.807) is 6.26 Å². The van der Waals surface area contributed by atoms with Gasteiger partial charge in [-0.15, -0.1) is 0 Å². The summed E-state index contributed by atoms with van der Waals surface area (Å²) in [7, 11) is 0. The van der Waals surface area contributed by atoms with Crippen molar-refractivity contribution in [2.45, 2.75) is 5.92 Å². The molecule has 0 bridgehead atoms. The van der Waals surface area contributed by atoms with Crippen molar-refractivity contribution >= 4 is 12.6 Å². The molecule has 0 fully saturated rings. The van der Waals surface area contributed by atoms with Gasteiger partial charge in [0.15, 0.2) is 0 Å². The summed E-state index contributed by atoms with van der Waals surface area (Å²) in [5.41, 5.74) is 5.47. The third-order valence-corrected chi connectivity index (χ3v) is 1.89. The maximum absolute atomic E-state index is 5.47. The van der Waals surface area contributed by atoms with Crippen LogP contribution in [0.5, 0.6) is 0 Å². The van der Waals surface area contributed by atoms with Crippen molar-refractivity contribution in [3.63, 3.8) is 0 Å². The van der Waals surface area contributed by atoms with E-state index >= 15 is 0 Å². The zero-order chi connectivity index (χ0) is 7.40. The summed E-state index contributed by atoms with van der Waals surface area (Å²) >= 11 is 4.14. The van der Waals surface area contributed by atoms with Crippen LogP contribution in [0.2, 0.25) is 0 Å². The summed E-state index contributed by atoms with van der Waals surface area (Å²) in [5, 5.41) is 0. The van der Waals surface area contributed by atoms with Crippen LogP contribution in [0, 0.1) is 0 Å². The highest BCUT2D eigenvalue weighted by Crippen LogP contribution is 2.15. The maximum Gasteiger partial charge on any atom is 0.108 e. The fourth-order valence-corrected chi connectivity index (χ4v) is 1.13. The number of hydrogen-bond donors (Lipinski definition) is 2. The molecule has 1 aromatic rings. The molecule has 0 aliphatic heterocycles. The molecule has 3 heteroatoms. The molecular weight excluding hydrogens is 146 g/mol. The first-order chi connectivity index (χ1) is 4.88. The molecule has 0 spiro atoms. The molecule has 0 amide bonds. The predicted molar refractivity (Wildman–Crippen MR) is 44.4 cm³/mol. The van der Waals surface area contributed by atoms with Crippen LogP contribution in [0.3, 0.4) is 0 Å². The molecule has 0 aliphatic rings. The van der Waals surface area contributed by atoms with E-state index in [0.29, 0.717) is 6.54 Å². The number of thiol groups is 1. The molecular formula is C7H11NOS. The average Bonchev–Trinajstić information content (AvgIpc) is 2.43. The van der Waals surface area contributed by atoms with Crippen LogP contribution in [0.4, 0.5) is 0 Å². The summed E-state index contributed by atoms with van der Waals surface area (Å²) in [4.78, 5) is 0. The zero-order valence-corrected chi connectivity index (χ0v) is 6.55. The topological polar surface area (TPSA) is 39.2 Å². The monoisotopic (exact) mass is 157 g/mol. The Hall–Kier alpha value is -0.410. The third kappa shape index (κ3) is 1.55. The number of hydrogen-bond acceptors (Lipinski definition) is 3. The Morgan fingerprint density at radius 1 is 1.70 bits per heavy atom. The lowest BCUT2D eigenvalue weighted by Crippen LogP contribution is -2.12. The van der Waals surface area contributed by atoms with E-state index in [4.69, 9.17) is 10.2 Å². The minimum absolute atomic E-state index is 0.262. The van der Waals surface area contributed by atoms with E-state index < -0.39 is 0 Å². The highest BCUT2D eigenvalue weighted by Gasteiger charge is 2.08. The molecule has 56 valence electrons. The first-order valence-electron chi connectivity index (χ1n) is 3.22. The van der Waals surface area contributed by atoms with Crippen molar-refractivity contribution in [1.29, 1.82) is 0 Å². The van der Waals surface area contributed by atoms with E-state index in [1.165, 1.54) is 0 Å². The Balaban J connectivity index is 2.64. The minimum Gasteiger partial charge on any atom is -0.469 e. The Labute approximate surface area is 65.8 Å². The highest BCUT2D eigenvalue weighted by atomic mass is 32.1. The van der Waals surface area contributed by atoms with Crippen LogP contribution < -0.4 is 5.73 Å². The summed E-state index contributed by atoms with van der Waals surface area (Å²) < 4.78 is 5.15. The number of rotatable bonds is 3. The normalized spacial score (nSPS) is 13.4. The molecule has 1 aromatic heterocycles. The van der Waals surface area contributed by atoms with E-state index in [-0.39, 0.29) is 5.92 Å². The van der Waals surface area contributed by atoms with Gasteiger partial charge in [-0.25, -0.2) is 0 Å². The fraction of sp³-hybridized carbons (Fsp3) is 0.429. The Morgan fingerprint density at radius 2 is 2.50 bits per heavy atom. The van der Waals surface area contributed by atoms with E-state index in [1.807, 2.05) is 12.1 Å². The number of furan rings is 1. The van der Waals surface area contributed by atoms with Crippen LogP contribution in [0.1, 0.15) is 11.7 Å². The van der Waals surface area contributed by atoms with Gasteiger partial charge in [0.25, 0.3) is 0 Å². The van der Waals surface area contributed by atoms with Gasteiger partial charge in [0.05, 0.1) is 6.26 Å². The zero-order valence-electron chi connectivity index (χ0n) is 5.66. The van der Waals surface area contributed by atoms with Crippen LogP contribution in [-0.2, 0) is 0 Å². The molecule has 10 heavy (non-hydrogen) atoms. The smallest absolute Gasteiger partial charge is 0.108 e. The van der Waals surface area contributed by atoms with Gasteiger partial charge >= 0.3 is 0 Å². The predicted octanol–water partition coefficient (Wildman–Crippen LogP) is 1.25. The van der Waals surface area contributed by atoms with Gasteiger partial charge in [0.1, 0.15) is 5.76 Å². The van der Waals surface area contributed by atoms with Gasteiger partial charge in [-0.3, -0.25) is 0 Å². The molecule has 1 atom stereocenters. The van der Waals surface area contributed by atoms with Gasteiger partial charge in [0.2, 0.25) is 0 Å². The van der Waals surface area contributed by atoms with E-state index in [9.17, 15) is 0 Å². The Morgan fingerprint density at radius 3 is 2.90 bits per heavy atom. The molecule has 1 unspecified atom stereocenters. The molecule has 0 aliphatic carbocycles. The molecule has 0 saturated heterocycles. The molecule has 1 rings (SSSR count). The lowest BCUT2D eigenvalue weighted by atomic mass is 10.1. The standard InChI is InChI=1S/C7H11NOS/c8-4-6(5-10)7-2-1-3-9-7/h1-3,6,10H,4-5,8H2. The van der Waals surface area contributed by atoms with Gasteiger partial charge in [-0.2, -0.15) is 12.6 Å². The quantitative estimate of drug-likeness (QED) is 0.648. The molecule has 0 radical (unpaired) electrons. The second-order valence-electron chi connectivity index (χ2n) is 2.13. The summed E-state index contributed by atoms with van der Waals surface area (Å²) in [5.74, 6) is 1.93. The lowest BCUT2D eigenvalue weighted by molar-refractivity contribution is 0.480. The summed E-state index contributed by atoms with van der Waals surface area (Å²) in [6.07, 6.45) is 1.65. The summed E-state index contributed by atoms with van der Waals surface area (Å²) in [6.45, 7) is 0.594. The van der Waals surface area contributed by atoms with Crippen molar-refractivity contribution in [3.8, 4) is 0 Å². The maximum atomic E-state index is 5.47. The van der Waals surface area contributed by atoms with Gasteiger partial charge in [-0.05, 0) is 12.1 Å². The first-order valence-corrected chi connectivity index (χ1v) is 3.86. The van der Waals surface area contributed by atoms with Gasteiger partial charge < -0.3 is 10.2 Å². The molecule has 0 saturated carbocycles. The van der Waals surface area contributed by atoms with Gasteiger partial charge in [0, 0.05) is 18.2 Å². The minimum atomic E-state index is 0.262. The van der Waals surface area contributed by atoms with Gasteiger partial charge in [-0.1, -0.05) is 0 Å². The SMILES string of the molecule is NCC(CS)c1ccco1. The molecule has 2 N–H and O–H groups in total. The van der Waals surface area contributed by atoms with E-state index in [2.05, 4.69) is 12.6 Å². The average molecular weight is 157 g/mol. The fourth-order valence-electron chi connectivity index (χ4n) is 0.804. The third-order valence-electron chi connectivity index (χ3n) is 1.45.